The number of hydrogen-bond acceptors (Lipinski definition) is 2. The van der Waals surface area contributed by atoms with Crippen molar-refractivity contribution in [1.29, 1.82) is 0 Å². The third-order valence-electron chi connectivity index (χ3n) is 2.70. The molecule has 0 amide bonds. The number of pyridine rings is 1. The molecule has 0 aliphatic rings. The van der Waals surface area contributed by atoms with Crippen molar-refractivity contribution in [2.45, 2.75) is 39.7 Å². The van der Waals surface area contributed by atoms with Gasteiger partial charge in [-0.1, -0.05) is 13.8 Å². The number of hydrogen-bond donors (Lipinski definition) is 1. The van der Waals surface area contributed by atoms with E-state index in [1.165, 1.54) is 18.4 Å². The highest BCUT2D eigenvalue weighted by molar-refractivity contribution is 5.19. The van der Waals surface area contributed by atoms with Crippen molar-refractivity contribution in [2.75, 3.05) is 7.05 Å². The van der Waals surface area contributed by atoms with Crippen LogP contribution in [0.15, 0.2) is 18.3 Å². The first-order valence-electron chi connectivity index (χ1n) is 5.73. The summed E-state index contributed by atoms with van der Waals surface area (Å²) in [7, 11) is 2.03. The second-order valence-electron chi connectivity index (χ2n) is 4.54. The van der Waals surface area contributed by atoms with E-state index < -0.39 is 0 Å². The fraction of sp³-hybridized carbons (Fsp3) is 0.615. The first-order valence-corrected chi connectivity index (χ1v) is 5.73. The number of aromatic nitrogens is 1. The van der Waals surface area contributed by atoms with Crippen LogP contribution in [-0.2, 0) is 0 Å². The van der Waals surface area contributed by atoms with Crippen molar-refractivity contribution in [3.8, 4) is 0 Å². The first-order chi connectivity index (χ1) is 7.13. The maximum Gasteiger partial charge on any atom is 0.0375 e. The van der Waals surface area contributed by atoms with E-state index in [2.05, 4.69) is 36.3 Å². The molecule has 2 heteroatoms. The van der Waals surface area contributed by atoms with Gasteiger partial charge in [0.1, 0.15) is 0 Å². The molecule has 1 atom stereocenters. The lowest BCUT2D eigenvalue weighted by Crippen LogP contribution is -2.17. The van der Waals surface area contributed by atoms with Crippen LogP contribution in [0.5, 0.6) is 0 Å². The summed E-state index contributed by atoms with van der Waals surface area (Å²) in [6.45, 7) is 6.58. The van der Waals surface area contributed by atoms with Gasteiger partial charge in [0, 0.05) is 17.9 Å². The molecule has 84 valence electrons. The summed E-state index contributed by atoms with van der Waals surface area (Å²) in [4.78, 5) is 4.22. The standard InChI is InChI=1S/C13H22N2/c1-10(2)5-6-13(14-4)12-7-8-15-11(3)9-12/h7-10,13-14H,5-6H2,1-4H3. The molecule has 1 unspecified atom stereocenters. The predicted molar refractivity (Wildman–Crippen MR) is 64.8 cm³/mol. The van der Waals surface area contributed by atoms with Crippen LogP contribution < -0.4 is 5.32 Å². The van der Waals surface area contributed by atoms with Crippen molar-refractivity contribution >= 4 is 0 Å². The summed E-state index contributed by atoms with van der Waals surface area (Å²) < 4.78 is 0. The van der Waals surface area contributed by atoms with Gasteiger partial charge in [-0.2, -0.15) is 0 Å². The predicted octanol–water partition coefficient (Wildman–Crippen LogP) is 3.09. The Morgan fingerprint density at radius 1 is 1.33 bits per heavy atom. The van der Waals surface area contributed by atoms with Gasteiger partial charge < -0.3 is 5.32 Å². The summed E-state index contributed by atoms with van der Waals surface area (Å²) in [5.74, 6) is 0.767. The molecule has 0 bridgehead atoms. The maximum atomic E-state index is 4.22. The molecule has 1 rings (SSSR count). The molecule has 1 aromatic rings. The Morgan fingerprint density at radius 2 is 2.07 bits per heavy atom. The third-order valence-corrected chi connectivity index (χ3v) is 2.70. The number of rotatable bonds is 5. The molecule has 2 nitrogen and oxygen atoms in total. The van der Waals surface area contributed by atoms with Crippen molar-refractivity contribution in [1.82, 2.24) is 10.3 Å². The summed E-state index contributed by atoms with van der Waals surface area (Å²) in [5.41, 5.74) is 2.45. The second-order valence-corrected chi connectivity index (χ2v) is 4.54. The minimum atomic E-state index is 0.467. The Hall–Kier alpha value is -0.890. The molecule has 0 saturated heterocycles. The van der Waals surface area contributed by atoms with Crippen LogP contribution in [0, 0.1) is 12.8 Å². The van der Waals surface area contributed by atoms with Gasteiger partial charge in [-0.15, -0.1) is 0 Å². The fourth-order valence-electron chi connectivity index (χ4n) is 1.76. The Kier molecular flexibility index (Phi) is 4.76. The van der Waals surface area contributed by atoms with E-state index in [9.17, 15) is 0 Å². The minimum absolute atomic E-state index is 0.467. The van der Waals surface area contributed by atoms with E-state index in [1.807, 2.05) is 20.2 Å². The second kappa shape index (κ2) is 5.86. The van der Waals surface area contributed by atoms with Crippen LogP contribution in [-0.4, -0.2) is 12.0 Å². The van der Waals surface area contributed by atoms with Gasteiger partial charge in [0.2, 0.25) is 0 Å². The molecule has 1 N–H and O–H groups in total. The van der Waals surface area contributed by atoms with Crippen LogP contribution in [0.4, 0.5) is 0 Å². The molecule has 0 spiro atoms. The van der Waals surface area contributed by atoms with Gasteiger partial charge in [0.15, 0.2) is 0 Å². The van der Waals surface area contributed by atoms with Crippen molar-refractivity contribution in [3.05, 3.63) is 29.6 Å². The highest BCUT2D eigenvalue weighted by Crippen LogP contribution is 2.20. The Morgan fingerprint density at radius 3 is 2.60 bits per heavy atom. The van der Waals surface area contributed by atoms with E-state index in [0.717, 1.165) is 11.6 Å². The van der Waals surface area contributed by atoms with E-state index in [1.54, 1.807) is 0 Å². The molecule has 1 aromatic heterocycles. The van der Waals surface area contributed by atoms with E-state index in [4.69, 9.17) is 0 Å². The maximum absolute atomic E-state index is 4.22. The van der Waals surface area contributed by atoms with Gasteiger partial charge in [-0.05, 0) is 50.4 Å². The lowest BCUT2D eigenvalue weighted by molar-refractivity contribution is 0.464. The van der Waals surface area contributed by atoms with Gasteiger partial charge >= 0.3 is 0 Å². The van der Waals surface area contributed by atoms with Gasteiger partial charge in [-0.3, -0.25) is 4.98 Å². The van der Waals surface area contributed by atoms with Crippen molar-refractivity contribution in [3.63, 3.8) is 0 Å². The topological polar surface area (TPSA) is 24.9 Å². The smallest absolute Gasteiger partial charge is 0.0375 e. The van der Waals surface area contributed by atoms with Crippen molar-refractivity contribution < 1.29 is 0 Å². The average Bonchev–Trinajstić information content (AvgIpc) is 2.18. The Balaban J connectivity index is 2.65. The largest absolute Gasteiger partial charge is 0.313 e. The van der Waals surface area contributed by atoms with E-state index >= 15 is 0 Å². The van der Waals surface area contributed by atoms with Crippen LogP contribution in [0.3, 0.4) is 0 Å². The molecule has 1 heterocycles. The lowest BCUT2D eigenvalue weighted by atomic mass is 9.98. The van der Waals surface area contributed by atoms with Gasteiger partial charge in [0.25, 0.3) is 0 Å². The molecule has 15 heavy (non-hydrogen) atoms. The highest BCUT2D eigenvalue weighted by atomic mass is 14.9. The molecular weight excluding hydrogens is 184 g/mol. The highest BCUT2D eigenvalue weighted by Gasteiger charge is 2.09. The lowest BCUT2D eigenvalue weighted by Gasteiger charge is -2.17. The molecule has 0 fully saturated rings. The number of aryl methyl sites for hydroxylation is 1. The average molecular weight is 206 g/mol. The van der Waals surface area contributed by atoms with Crippen LogP contribution >= 0.6 is 0 Å². The van der Waals surface area contributed by atoms with E-state index in [-0.39, 0.29) is 0 Å². The zero-order chi connectivity index (χ0) is 11.3. The summed E-state index contributed by atoms with van der Waals surface area (Å²) in [5, 5.41) is 3.37. The van der Waals surface area contributed by atoms with Crippen LogP contribution in [0.25, 0.3) is 0 Å². The summed E-state index contributed by atoms with van der Waals surface area (Å²) >= 11 is 0. The minimum Gasteiger partial charge on any atom is -0.313 e. The van der Waals surface area contributed by atoms with Crippen LogP contribution in [0.1, 0.15) is 44.0 Å². The Bertz CT molecular complexity index is 294. The van der Waals surface area contributed by atoms with E-state index in [0.29, 0.717) is 6.04 Å². The zero-order valence-electron chi connectivity index (χ0n) is 10.2. The van der Waals surface area contributed by atoms with Gasteiger partial charge in [0.05, 0.1) is 0 Å². The number of nitrogens with one attached hydrogen (secondary N) is 1. The molecule has 0 radical (unpaired) electrons. The molecule has 0 saturated carbocycles. The summed E-state index contributed by atoms with van der Waals surface area (Å²) in [6, 6.07) is 4.74. The SMILES string of the molecule is CNC(CCC(C)C)c1ccnc(C)c1. The summed E-state index contributed by atoms with van der Waals surface area (Å²) in [6.07, 6.45) is 4.34. The van der Waals surface area contributed by atoms with Crippen molar-refractivity contribution in [2.24, 2.45) is 5.92 Å². The molecule has 0 aliphatic heterocycles. The normalized spacial score (nSPS) is 13.1. The quantitative estimate of drug-likeness (QED) is 0.800. The number of nitrogens with zero attached hydrogens (tertiary/aromatic N) is 1. The first kappa shape index (κ1) is 12.2. The monoisotopic (exact) mass is 206 g/mol. The molecular formula is C13H22N2. The molecule has 0 aromatic carbocycles. The zero-order valence-corrected chi connectivity index (χ0v) is 10.2. The third kappa shape index (κ3) is 4.00. The molecule has 0 aliphatic carbocycles. The Labute approximate surface area is 93.1 Å². The fourth-order valence-corrected chi connectivity index (χ4v) is 1.76. The van der Waals surface area contributed by atoms with Gasteiger partial charge in [-0.25, -0.2) is 0 Å². The van der Waals surface area contributed by atoms with Crippen LogP contribution in [0.2, 0.25) is 0 Å².